The van der Waals surface area contributed by atoms with Gasteiger partial charge in [0.25, 0.3) is 0 Å². The molecule has 0 aromatic rings. The van der Waals surface area contributed by atoms with Crippen molar-refractivity contribution in [3.05, 3.63) is 24.0 Å². The van der Waals surface area contributed by atoms with Gasteiger partial charge in [-0.1, -0.05) is 26.8 Å². The SMILES string of the molecule is CC.CC/C=C/C1=CCCO1. The van der Waals surface area contributed by atoms with Crippen LogP contribution in [-0.2, 0) is 4.74 Å². The zero-order chi connectivity index (χ0) is 8.53. The lowest BCUT2D eigenvalue weighted by molar-refractivity contribution is 0.257. The van der Waals surface area contributed by atoms with Crippen molar-refractivity contribution >= 4 is 0 Å². The molecule has 1 aliphatic heterocycles. The van der Waals surface area contributed by atoms with Gasteiger partial charge in [-0.25, -0.2) is 0 Å². The molecule has 0 radical (unpaired) electrons. The van der Waals surface area contributed by atoms with Crippen LogP contribution in [0.15, 0.2) is 24.0 Å². The van der Waals surface area contributed by atoms with Crippen molar-refractivity contribution in [2.75, 3.05) is 6.61 Å². The Morgan fingerprint density at radius 2 is 2.27 bits per heavy atom. The molecule has 11 heavy (non-hydrogen) atoms. The molecule has 0 amide bonds. The minimum atomic E-state index is 0.864. The zero-order valence-corrected chi connectivity index (χ0v) is 7.76. The highest BCUT2D eigenvalue weighted by molar-refractivity contribution is 5.14. The minimum absolute atomic E-state index is 0.864. The van der Waals surface area contributed by atoms with Crippen molar-refractivity contribution in [3.63, 3.8) is 0 Å². The average Bonchev–Trinajstić information content (AvgIpc) is 2.57. The van der Waals surface area contributed by atoms with Gasteiger partial charge in [0.15, 0.2) is 0 Å². The van der Waals surface area contributed by atoms with E-state index in [-0.39, 0.29) is 0 Å². The third-order valence-electron chi connectivity index (χ3n) is 1.25. The summed E-state index contributed by atoms with van der Waals surface area (Å²) in [4.78, 5) is 0. The van der Waals surface area contributed by atoms with Crippen LogP contribution in [0.3, 0.4) is 0 Å². The van der Waals surface area contributed by atoms with E-state index in [1.165, 1.54) is 0 Å². The van der Waals surface area contributed by atoms with Gasteiger partial charge in [0.2, 0.25) is 0 Å². The molecule has 0 aromatic carbocycles. The van der Waals surface area contributed by atoms with Gasteiger partial charge in [-0.05, 0) is 18.6 Å². The summed E-state index contributed by atoms with van der Waals surface area (Å²) in [5.41, 5.74) is 0. The molecule has 0 aromatic heterocycles. The highest BCUT2D eigenvalue weighted by Crippen LogP contribution is 2.09. The maximum atomic E-state index is 5.23. The highest BCUT2D eigenvalue weighted by Gasteiger charge is 1.98. The molecule has 1 rings (SSSR count). The average molecular weight is 154 g/mol. The summed E-state index contributed by atoms with van der Waals surface area (Å²) in [7, 11) is 0. The molecule has 0 fully saturated rings. The lowest BCUT2D eigenvalue weighted by Gasteiger charge is -1.93. The molecule has 0 saturated heterocycles. The van der Waals surface area contributed by atoms with Crippen molar-refractivity contribution in [3.8, 4) is 0 Å². The monoisotopic (exact) mass is 154 g/mol. The molecule has 1 aliphatic rings. The standard InChI is InChI=1S/C8H12O.C2H6/c1-2-3-5-8-6-4-7-9-8;1-2/h3,5-6H,2,4,7H2,1H3;1-2H3/b5-3+;. The number of ether oxygens (including phenoxy) is 1. The van der Waals surface area contributed by atoms with Gasteiger partial charge in [0, 0.05) is 6.42 Å². The van der Waals surface area contributed by atoms with Gasteiger partial charge in [-0.3, -0.25) is 0 Å². The Morgan fingerprint density at radius 3 is 2.73 bits per heavy atom. The topological polar surface area (TPSA) is 9.23 Å². The highest BCUT2D eigenvalue weighted by atomic mass is 16.5. The second-order valence-corrected chi connectivity index (χ2v) is 2.05. The Bertz CT molecular complexity index is 134. The minimum Gasteiger partial charge on any atom is -0.494 e. The van der Waals surface area contributed by atoms with E-state index in [1.54, 1.807) is 0 Å². The van der Waals surface area contributed by atoms with E-state index >= 15 is 0 Å². The normalized spacial score (nSPS) is 15.4. The van der Waals surface area contributed by atoms with E-state index in [4.69, 9.17) is 4.74 Å². The van der Waals surface area contributed by atoms with Gasteiger partial charge in [0.05, 0.1) is 6.61 Å². The molecule has 1 heteroatoms. The van der Waals surface area contributed by atoms with E-state index in [9.17, 15) is 0 Å². The van der Waals surface area contributed by atoms with Gasteiger partial charge in [0.1, 0.15) is 5.76 Å². The quantitative estimate of drug-likeness (QED) is 0.593. The molecule has 0 unspecified atom stereocenters. The molecule has 0 bridgehead atoms. The van der Waals surface area contributed by atoms with Crippen LogP contribution in [0.5, 0.6) is 0 Å². The Balaban J connectivity index is 0.000000461. The molecule has 0 atom stereocenters. The van der Waals surface area contributed by atoms with E-state index in [1.807, 2.05) is 19.9 Å². The van der Waals surface area contributed by atoms with E-state index in [0.717, 1.165) is 25.2 Å². The molecule has 1 nitrogen and oxygen atoms in total. The summed E-state index contributed by atoms with van der Waals surface area (Å²) in [6.45, 7) is 6.98. The van der Waals surface area contributed by atoms with Gasteiger partial charge < -0.3 is 4.74 Å². The van der Waals surface area contributed by atoms with Crippen LogP contribution in [-0.4, -0.2) is 6.61 Å². The Kier molecular flexibility index (Phi) is 6.90. The molecule has 64 valence electrons. The van der Waals surface area contributed by atoms with Crippen LogP contribution in [0.1, 0.15) is 33.6 Å². The van der Waals surface area contributed by atoms with Crippen LogP contribution < -0.4 is 0 Å². The molecule has 0 spiro atoms. The van der Waals surface area contributed by atoms with Crippen LogP contribution in [0, 0.1) is 0 Å². The van der Waals surface area contributed by atoms with Gasteiger partial charge >= 0.3 is 0 Å². The number of allylic oxidation sites excluding steroid dienone is 2. The maximum absolute atomic E-state index is 5.23. The Morgan fingerprint density at radius 1 is 1.55 bits per heavy atom. The smallest absolute Gasteiger partial charge is 0.115 e. The van der Waals surface area contributed by atoms with Crippen molar-refractivity contribution in [2.24, 2.45) is 0 Å². The molecule has 0 saturated carbocycles. The molecule has 1 heterocycles. The Hall–Kier alpha value is -0.720. The van der Waals surface area contributed by atoms with Crippen LogP contribution >= 0.6 is 0 Å². The summed E-state index contributed by atoms with van der Waals surface area (Å²) in [5, 5.41) is 0. The first-order valence-corrected chi connectivity index (χ1v) is 4.43. The fourth-order valence-electron chi connectivity index (χ4n) is 0.787. The third kappa shape index (κ3) is 4.65. The number of hydrogen-bond acceptors (Lipinski definition) is 1. The fraction of sp³-hybridized carbons (Fsp3) is 0.600. The summed E-state index contributed by atoms with van der Waals surface area (Å²) in [6.07, 6.45) is 8.42. The van der Waals surface area contributed by atoms with E-state index in [2.05, 4.69) is 19.1 Å². The fourth-order valence-corrected chi connectivity index (χ4v) is 0.787. The van der Waals surface area contributed by atoms with Crippen molar-refractivity contribution < 1.29 is 4.74 Å². The van der Waals surface area contributed by atoms with Crippen LogP contribution in [0.2, 0.25) is 0 Å². The molecular weight excluding hydrogens is 136 g/mol. The first-order valence-electron chi connectivity index (χ1n) is 4.43. The van der Waals surface area contributed by atoms with Crippen LogP contribution in [0.25, 0.3) is 0 Å². The lowest BCUT2D eigenvalue weighted by Crippen LogP contribution is -1.79. The lowest BCUT2D eigenvalue weighted by atomic mass is 10.3. The second-order valence-electron chi connectivity index (χ2n) is 2.05. The predicted molar refractivity (Wildman–Crippen MR) is 49.4 cm³/mol. The molecule has 0 N–H and O–H groups in total. The largest absolute Gasteiger partial charge is 0.494 e. The maximum Gasteiger partial charge on any atom is 0.115 e. The second kappa shape index (κ2) is 7.39. The first-order chi connectivity index (χ1) is 5.43. The zero-order valence-electron chi connectivity index (χ0n) is 7.76. The molecular formula is C10H18O. The molecule has 0 aliphatic carbocycles. The summed E-state index contributed by atoms with van der Waals surface area (Å²) in [6, 6.07) is 0. The summed E-state index contributed by atoms with van der Waals surface area (Å²) in [5.74, 6) is 1.04. The van der Waals surface area contributed by atoms with Crippen molar-refractivity contribution in [1.29, 1.82) is 0 Å². The third-order valence-corrected chi connectivity index (χ3v) is 1.25. The number of hydrogen-bond donors (Lipinski definition) is 0. The van der Waals surface area contributed by atoms with Crippen LogP contribution in [0.4, 0.5) is 0 Å². The van der Waals surface area contributed by atoms with E-state index < -0.39 is 0 Å². The van der Waals surface area contributed by atoms with Crippen molar-refractivity contribution in [1.82, 2.24) is 0 Å². The summed E-state index contributed by atoms with van der Waals surface area (Å²) < 4.78 is 5.23. The Labute approximate surface area is 69.8 Å². The van der Waals surface area contributed by atoms with E-state index in [0.29, 0.717) is 0 Å². The predicted octanol–water partition coefficient (Wildman–Crippen LogP) is 3.28. The van der Waals surface area contributed by atoms with Gasteiger partial charge in [-0.15, -0.1) is 0 Å². The van der Waals surface area contributed by atoms with Gasteiger partial charge in [-0.2, -0.15) is 0 Å². The summed E-state index contributed by atoms with van der Waals surface area (Å²) >= 11 is 0. The first kappa shape index (κ1) is 10.3. The van der Waals surface area contributed by atoms with Crippen molar-refractivity contribution in [2.45, 2.75) is 33.6 Å². The number of rotatable bonds is 2.